The van der Waals surface area contributed by atoms with Crippen molar-refractivity contribution in [2.45, 2.75) is 129 Å². The molecule has 1 aliphatic heterocycles. The minimum Gasteiger partial charge on any atom is -0.462 e. The number of hydrogen-bond acceptors (Lipinski definition) is 10. The number of aliphatic hydroxyl groups excluding tert-OH is 4. The quantitative estimate of drug-likeness (QED) is 0.263. The molecule has 3 saturated carbocycles. The molecule has 4 fully saturated rings. The molecule has 5 aliphatic rings. The van der Waals surface area contributed by atoms with E-state index >= 15 is 0 Å². The number of hydrogen-bond donors (Lipinski definition) is 4. The van der Waals surface area contributed by atoms with Gasteiger partial charge in [0, 0.05) is 31.6 Å². The average Bonchev–Trinajstić information content (AvgIpc) is 3.29. The van der Waals surface area contributed by atoms with Gasteiger partial charge in [-0.25, -0.2) is 0 Å². The van der Waals surface area contributed by atoms with Crippen molar-refractivity contribution in [1.82, 2.24) is 0 Å². The number of ketones is 2. The molecule has 10 nitrogen and oxygen atoms in total. The number of aliphatic hydroxyl groups is 4. The molecule has 4 N–H and O–H groups in total. The van der Waals surface area contributed by atoms with Gasteiger partial charge >= 0.3 is 5.97 Å². The van der Waals surface area contributed by atoms with Gasteiger partial charge in [-0.15, -0.1) is 0 Å². The lowest BCUT2D eigenvalue weighted by atomic mass is 9.46. The zero-order valence-corrected chi connectivity index (χ0v) is 27.5. The summed E-state index contributed by atoms with van der Waals surface area (Å²) in [4.78, 5) is 38.3. The Labute approximate surface area is 266 Å². The topological polar surface area (TPSA) is 160 Å². The van der Waals surface area contributed by atoms with Crippen molar-refractivity contribution >= 4 is 17.5 Å². The first-order valence-electron chi connectivity index (χ1n) is 17.1. The molecule has 4 aliphatic carbocycles. The highest BCUT2D eigenvalue weighted by Crippen LogP contribution is 2.68. The van der Waals surface area contributed by atoms with Gasteiger partial charge in [0.2, 0.25) is 0 Å². The van der Waals surface area contributed by atoms with Gasteiger partial charge in [-0.1, -0.05) is 33.3 Å². The van der Waals surface area contributed by atoms with E-state index in [1.165, 1.54) is 12.5 Å². The van der Waals surface area contributed by atoms with E-state index in [1.807, 2.05) is 19.9 Å². The van der Waals surface area contributed by atoms with E-state index in [0.29, 0.717) is 37.0 Å². The Hall–Kier alpha value is -1.69. The Bertz CT molecular complexity index is 1150. The van der Waals surface area contributed by atoms with Crippen molar-refractivity contribution in [3.63, 3.8) is 0 Å². The number of esters is 1. The number of carbonyl (C=O) groups is 3. The van der Waals surface area contributed by atoms with Crippen molar-refractivity contribution < 1.29 is 49.0 Å². The van der Waals surface area contributed by atoms with E-state index in [9.17, 15) is 34.8 Å². The van der Waals surface area contributed by atoms with Crippen LogP contribution in [0.5, 0.6) is 0 Å². The van der Waals surface area contributed by atoms with Crippen LogP contribution in [0.1, 0.15) is 92.4 Å². The molecule has 0 spiro atoms. The molecule has 0 radical (unpaired) electrons. The van der Waals surface area contributed by atoms with Crippen molar-refractivity contribution in [2.75, 3.05) is 13.2 Å². The van der Waals surface area contributed by atoms with Gasteiger partial charge in [-0.05, 0) is 85.5 Å². The molecule has 45 heavy (non-hydrogen) atoms. The number of carbonyl (C=O) groups excluding carboxylic acids is 3. The SMILES string of the molecule is CC(=O)O[C@@H]1C[C@H]2[C@@H]3CCC4=CC(=O)CC[C@]4(C)[C@H]3CC[C@]2(C)[C@H]1[C@H](C)C(=O)CC[C@@H](C)CO[C@@H]1O[C@H](CO)[C@@H](O)[C@H](O)[C@H]1O. The molecule has 0 aromatic heterocycles. The summed E-state index contributed by atoms with van der Waals surface area (Å²) in [6.07, 6.45) is 2.14. The highest BCUT2D eigenvalue weighted by atomic mass is 16.7. The van der Waals surface area contributed by atoms with Gasteiger partial charge in [0.25, 0.3) is 0 Å². The second-order valence-electron chi connectivity index (χ2n) is 15.4. The molecular weight excluding hydrogens is 580 g/mol. The maximum atomic E-state index is 13.8. The van der Waals surface area contributed by atoms with Gasteiger partial charge in [-0.3, -0.25) is 14.4 Å². The molecule has 1 saturated heterocycles. The summed E-state index contributed by atoms with van der Waals surface area (Å²) in [7, 11) is 0. The van der Waals surface area contributed by atoms with Crippen molar-refractivity contribution in [2.24, 2.45) is 46.3 Å². The van der Waals surface area contributed by atoms with Crippen LogP contribution in [0, 0.1) is 46.3 Å². The summed E-state index contributed by atoms with van der Waals surface area (Å²) in [6, 6.07) is 0. The average molecular weight is 635 g/mol. The van der Waals surface area contributed by atoms with E-state index in [2.05, 4.69) is 13.8 Å². The molecule has 0 amide bonds. The van der Waals surface area contributed by atoms with E-state index in [-0.39, 0.29) is 58.8 Å². The van der Waals surface area contributed by atoms with Gasteiger partial charge < -0.3 is 34.6 Å². The maximum Gasteiger partial charge on any atom is 0.302 e. The Morgan fingerprint density at radius 2 is 1.78 bits per heavy atom. The molecule has 254 valence electrons. The normalized spacial score (nSPS) is 44.2. The molecule has 14 atom stereocenters. The Balaban J connectivity index is 1.23. The van der Waals surface area contributed by atoms with Gasteiger partial charge in [0.05, 0.1) is 13.2 Å². The Morgan fingerprint density at radius 3 is 2.47 bits per heavy atom. The number of rotatable bonds is 10. The van der Waals surface area contributed by atoms with Crippen LogP contribution in [-0.4, -0.2) is 88.0 Å². The van der Waals surface area contributed by atoms with E-state index in [0.717, 1.165) is 38.5 Å². The standard InChI is InChI=1S/C35H54O10/c1-18(17-43-33-32(42)31(41)30(40)28(16-36)45-33)6-9-26(39)19(2)29-27(44-20(3)37)15-25-23-8-7-21-14-22(38)10-12-34(21,4)24(23)11-13-35(25,29)5/h14,18-19,23-25,27-33,36,40-42H,6-13,15-17H2,1-5H3/t18-,19-,23-,24+,25+,27-,28-,29+,30-,31+,32-,33-,34+,35+/m1/s1. The summed E-state index contributed by atoms with van der Waals surface area (Å²) in [6.45, 7) is 9.69. The third-order valence-corrected chi connectivity index (χ3v) is 12.7. The second-order valence-corrected chi connectivity index (χ2v) is 15.4. The zero-order chi connectivity index (χ0) is 32.8. The van der Waals surface area contributed by atoms with Crippen molar-refractivity contribution in [3.05, 3.63) is 11.6 Å². The number of fused-ring (bicyclic) bond motifs is 5. The molecule has 0 bridgehead atoms. The van der Waals surface area contributed by atoms with Crippen molar-refractivity contribution in [3.8, 4) is 0 Å². The first-order chi connectivity index (χ1) is 21.2. The fraction of sp³-hybridized carbons (Fsp3) is 0.857. The maximum absolute atomic E-state index is 13.8. The molecule has 0 aromatic rings. The molecular formula is C35H54O10. The number of Topliss-reactive ketones (excluding diaryl/α,β-unsaturated/α-hetero) is 1. The zero-order valence-electron chi connectivity index (χ0n) is 27.5. The van der Waals surface area contributed by atoms with E-state index in [1.54, 1.807) is 0 Å². The third kappa shape index (κ3) is 6.44. The summed E-state index contributed by atoms with van der Waals surface area (Å²) in [5.74, 6) is 0.969. The second kappa shape index (κ2) is 13.4. The highest BCUT2D eigenvalue weighted by Gasteiger charge is 2.63. The molecule has 10 heteroatoms. The lowest BCUT2D eigenvalue weighted by Gasteiger charge is -2.58. The largest absolute Gasteiger partial charge is 0.462 e. The van der Waals surface area contributed by atoms with Gasteiger partial charge in [0.15, 0.2) is 12.1 Å². The fourth-order valence-electron chi connectivity index (χ4n) is 10.2. The van der Waals surface area contributed by atoms with Crippen LogP contribution in [0.15, 0.2) is 11.6 Å². The molecule has 0 aromatic carbocycles. The minimum absolute atomic E-state index is 0.0441. The van der Waals surface area contributed by atoms with E-state index < -0.39 is 37.3 Å². The summed E-state index contributed by atoms with van der Waals surface area (Å²) in [5, 5.41) is 39.7. The first-order valence-corrected chi connectivity index (χ1v) is 17.1. The smallest absolute Gasteiger partial charge is 0.302 e. The third-order valence-electron chi connectivity index (χ3n) is 12.7. The predicted molar refractivity (Wildman–Crippen MR) is 163 cm³/mol. The fourth-order valence-corrected chi connectivity index (χ4v) is 10.2. The summed E-state index contributed by atoms with van der Waals surface area (Å²) >= 11 is 0. The minimum atomic E-state index is -1.50. The lowest BCUT2D eigenvalue weighted by molar-refractivity contribution is -0.303. The molecule has 0 unspecified atom stereocenters. The number of ether oxygens (including phenoxy) is 3. The highest BCUT2D eigenvalue weighted by molar-refractivity contribution is 5.91. The Kier molecular flexibility index (Phi) is 10.3. The van der Waals surface area contributed by atoms with Crippen LogP contribution in [0.3, 0.4) is 0 Å². The summed E-state index contributed by atoms with van der Waals surface area (Å²) in [5.41, 5.74) is 1.24. The summed E-state index contributed by atoms with van der Waals surface area (Å²) < 4.78 is 17.1. The van der Waals surface area contributed by atoms with Gasteiger partial charge in [0.1, 0.15) is 36.3 Å². The van der Waals surface area contributed by atoms with E-state index in [4.69, 9.17) is 14.2 Å². The van der Waals surface area contributed by atoms with Crippen LogP contribution >= 0.6 is 0 Å². The van der Waals surface area contributed by atoms with Crippen LogP contribution in [0.4, 0.5) is 0 Å². The van der Waals surface area contributed by atoms with Crippen LogP contribution < -0.4 is 0 Å². The van der Waals surface area contributed by atoms with Crippen LogP contribution in [0.2, 0.25) is 0 Å². The number of allylic oxidation sites excluding steroid dienone is 1. The molecule has 1 heterocycles. The lowest BCUT2D eigenvalue weighted by Crippen LogP contribution is -2.59. The van der Waals surface area contributed by atoms with Crippen molar-refractivity contribution in [1.29, 1.82) is 0 Å². The van der Waals surface area contributed by atoms with Crippen LogP contribution in [-0.2, 0) is 28.6 Å². The van der Waals surface area contributed by atoms with Gasteiger partial charge in [-0.2, -0.15) is 0 Å². The first kappa shape index (κ1) is 34.6. The van der Waals surface area contributed by atoms with Crippen LogP contribution in [0.25, 0.3) is 0 Å². The predicted octanol–water partition coefficient (Wildman–Crippen LogP) is 3.11. The Morgan fingerprint density at radius 1 is 1.04 bits per heavy atom. The molecule has 5 rings (SSSR count). The monoisotopic (exact) mass is 634 g/mol.